The van der Waals surface area contributed by atoms with E-state index in [2.05, 4.69) is 10.3 Å². The molecule has 0 aliphatic heterocycles. The van der Waals surface area contributed by atoms with Crippen molar-refractivity contribution < 1.29 is 18.7 Å². The molecule has 1 N–H and O–H groups in total. The van der Waals surface area contributed by atoms with E-state index >= 15 is 0 Å². The summed E-state index contributed by atoms with van der Waals surface area (Å²) in [6, 6.07) is 24.3. The number of aromatic nitrogens is 1. The SMILES string of the molecule is Cc1cc(C)cc(NC(=O)C(C)OC(=O)c2cccc3cccc(-c4nc5ccccc5o4)c23)c1. The molecule has 0 fully saturated rings. The number of carbonyl (C=O) groups excluding carboxylic acids is 2. The van der Waals surface area contributed by atoms with Crippen molar-refractivity contribution >= 4 is 39.4 Å². The molecule has 0 saturated heterocycles. The predicted molar refractivity (Wildman–Crippen MR) is 136 cm³/mol. The van der Waals surface area contributed by atoms with E-state index in [1.165, 1.54) is 0 Å². The summed E-state index contributed by atoms with van der Waals surface area (Å²) in [7, 11) is 0. The van der Waals surface area contributed by atoms with Crippen molar-refractivity contribution in [2.24, 2.45) is 0 Å². The van der Waals surface area contributed by atoms with Crippen molar-refractivity contribution in [2.45, 2.75) is 26.9 Å². The summed E-state index contributed by atoms with van der Waals surface area (Å²) in [5.41, 5.74) is 5.15. The molecule has 0 saturated carbocycles. The second-order valence-corrected chi connectivity index (χ2v) is 8.61. The average Bonchev–Trinajstić information content (AvgIpc) is 3.26. The molecule has 5 rings (SSSR count). The zero-order valence-electron chi connectivity index (χ0n) is 19.7. The highest BCUT2D eigenvalue weighted by atomic mass is 16.5. The maximum absolute atomic E-state index is 13.2. The molecule has 4 aromatic carbocycles. The first-order valence-electron chi connectivity index (χ1n) is 11.4. The number of hydrogen-bond acceptors (Lipinski definition) is 5. The van der Waals surface area contributed by atoms with Crippen molar-refractivity contribution in [3.05, 3.63) is 95.6 Å². The number of carbonyl (C=O) groups is 2. The lowest BCUT2D eigenvalue weighted by Crippen LogP contribution is -2.30. The van der Waals surface area contributed by atoms with Crippen LogP contribution in [0.3, 0.4) is 0 Å². The summed E-state index contributed by atoms with van der Waals surface area (Å²) in [5.74, 6) is -0.581. The van der Waals surface area contributed by atoms with E-state index in [0.29, 0.717) is 33.7 Å². The van der Waals surface area contributed by atoms with Crippen LogP contribution in [0, 0.1) is 13.8 Å². The van der Waals surface area contributed by atoms with Crippen LogP contribution in [0.4, 0.5) is 5.69 Å². The molecule has 1 heterocycles. The molecule has 0 spiro atoms. The van der Waals surface area contributed by atoms with E-state index in [-0.39, 0.29) is 0 Å². The number of ether oxygens (including phenoxy) is 1. The zero-order chi connectivity index (χ0) is 24.5. The third kappa shape index (κ3) is 4.51. The second-order valence-electron chi connectivity index (χ2n) is 8.61. The Labute approximate surface area is 202 Å². The summed E-state index contributed by atoms with van der Waals surface area (Å²) in [6.45, 7) is 5.48. The van der Waals surface area contributed by atoms with Crippen LogP contribution in [0.25, 0.3) is 33.3 Å². The number of amides is 1. The van der Waals surface area contributed by atoms with Gasteiger partial charge < -0.3 is 14.5 Å². The summed E-state index contributed by atoms with van der Waals surface area (Å²) in [5, 5.41) is 4.33. The van der Waals surface area contributed by atoms with E-state index in [9.17, 15) is 9.59 Å². The van der Waals surface area contributed by atoms with Crippen LogP contribution in [0.1, 0.15) is 28.4 Å². The second kappa shape index (κ2) is 9.06. The van der Waals surface area contributed by atoms with Gasteiger partial charge in [0.1, 0.15) is 5.52 Å². The fourth-order valence-corrected chi connectivity index (χ4v) is 4.25. The maximum Gasteiger partial charge on any atom is 0.339 e. The Morgan fingerprint density at radius 2 is 1.63 bits per heavy atom. The molecule has 174 valence electrons. The van der Waals surface area contributed by atoms with Gasteiger partial charge in [0, 0.05) is 16.6 Å². The standard InChI is InChI=1S/C29H24N2O4/c1-17-14-18(2)16-21(15-17)30-27(32)19(3)34-29(33)23-11-7-9-20-8-6-10-22(26(20)23)28-31-24-12-4-5-13-25(24)35-28/h4-16,19H,1-3H3,(H,30,32). The van der Waals surface area contributed by atoms with Crippen molar-refractivity contribution in [2.75, 3.05) is 5.32 Å². The van der Waals surface area contributed by atoms with Crippen LogP contribution in [-0.4, -0.2) is 23.0 Å². The van der Waals surface area contributed by atoms with E-state index in [4.69, 9.17) is 9.15 Å². The Morgan fingerprint density at radius 3 is 2.37 bits per heavy atom. The molecule has 35 heavy (non-hydrogen) atoms. The molecule has 1 aromatic heterocycles. The number of aryl methyl sites for hydroxylation is 2. The lowest BCUT2D eigenvalue weighted by atomic mass is 9.99. The number of hydrogen-bond donors (Lipinski definition) is 1. The van der Waals surface area contributed by atoms with Crippen LogP contribution in [0.15, 0.2) is 83.3 Å². The minimum atomic E-state index is -0.991. The van der Waals surface area contributed by atoms with Crippen LogP contribution in [0.5, 0.6) is 0 Å². The van der Waals surface area contributed by atoms with Gasteiger partial charge in [-0.25, -0.2) is 9.78 Å². The molecule has 5 aromatic rings. The van der Waals surface area contributed by atoms with E-state index in [1.807, 2.05) is 80.6 Å². The quantitative estimate of drug-likeness (QED) is 0.302. The Balaban J connectivity index is 1.45. The van der Waals surface area contributed by atoms with Gasteiger partial charge >= 0.3 is 5.97 Å². The monoisotopic (exact) mass is 464 g/mol. The smallest absolute Gasteiger partial charge is 0.339 e. The maximum atomic E-state index is 13.2. The van der Waals surface area contributed by atoms with E-state index in [0.717, 1.165) is 22.0 Å². The summed E-state index contributed by atoms with van der Waals surface area (Å²) in [4.78, 5) is 30.6. The Bertz CT molecular complexity index is 1530. The lowest BCUT2D eigenvalue weighted by molar-refractivity contribution is -0.123. The topological polar surface area (TPSA) is 81.4 Å². The average molecular weight is 465 g/mol. The van der Waals surface area contributed by atoms with Gasteiger partial charge in [0.05, 0.1) is 5.56 Å². The molecule has 0 aliphatic rings. The van der Waals surface area contributed by atoms with Crippen molar-refractivity contribution in [1.82, 2.24) is 4.98 Å². The molecule has 6 heteroatoms. The van der Waals surface area contributed by atoms with E-state index < -0.39 is 18.0 Å². The summed E-state index contributed by atoms with van der Waals surface area (Å²) in [6.07, 6.45) is -0.991. The van der Waals surface area contributed by atoms with Crippen LogP contribution < -0.4 is 5.32 Å². The van der Waals surface area contributed by atoms with Crippen molar-refractivity contribution in [3.8, 4) is 11.5 Å². The number of esters is 1. The predicted octanol–water partition coefficient (Wildman–Crippen LogP) is 6.45. The number of rotatable bonds is 5. The molecular weight excluding hydrogens is 440 g/mol. The van der Waals surface area contributed by atoms with Gasteiger partial charge in [0.25, 0.3) is 5.91 Å². The van der Waals surface area contributed by atoms with E-state index in [1.54, 1.807) is 19.1 Å². The molecular formula is C29H24N2O4. The number of benzene rings is 4. The lowest BCUT2D eigenvalue weighted by Gasteiger charge is -2.15. The first-order valence-corrected chi connectivity index (χ1v) is 11.4. The fourth-order valence-electron chi connectivity index (χ4n) is 4.25. The normalized spacial score (nSPS) is 12.0. The minimum Gasteiger partial charge on any atom is -0.449 e. The van der Waals surface area contributed by atoms with Gasteiger partial charge in [-0.3, -0.25) is 4.79 Å². The number of oxazole rings is 1. The molecule has 1 amide bonds. The van der Waals surface area contributed by atoms with Crippen molar-refractivity contribution in [3.63, 3.8) is 0 Å². The van der Waals surface area contributed by atoms with Gasteiger partial charge in [-0.2, -0.15) is 0 Å². The third-order valence-corrected chi connectivity index (χ3v) is 5.79. The van der Waals surface area contributed by atoms with Crippen LogP contribution in [-0.2, 0) is 9.53 Å². The Kier molecular flexibility index (Phi) is 5.79. The Morgan fingerprint density at radius 1 is 0.914 bits per heavy atom. The highest BCUT2D eigenvalue weighted by Crippen LogP contribution is 2.33. The number of nitrogens with zero attached hydrogens (tertiary/aromatic N) is 1. The molecule has 1 atom stereocenters. The molecule has 0 radical (unpaired) electrons. The zero-order valence-corrected chi connectivity index (χ0v) is 19.7. The van der Waals surface area contributed by atoms with Crippen LogP contribution in [0.2, 0.25) is 0 Å². The molecule has 1 unspecified atom stereocenters. The fraction of sp³-hybridized carbons (Fsp3) is 0.138. The molecule has 6 nitrogen and oxygen atoms in total. The van der Waals surface area contributed by atoms with Gasteiger partial charge in [-0.15, -0.1) is 0 Å². The van der Waals surface area contributed by atoms with Crippen LogP contribution >= 0.6 is 0 Å². The summed E-state index contributed by atoms with van der Waals surface area (Å²) >= 11 is 0. The van der Waals surface area contributed by atoms with Gasteiger partial charge in [-0.05, 0) is 73.7 Å². The number of anilines is 1. The minimum absolute atomic E-state index is 0.339. The molecule has 0 bridgehead atoms. The molecule has 0 aliphatic carbocycles. The number of fused-ring (bicyclic) bond motifs is 2. The van der Waals surface area contributed by atoms with Gasteiger partial charge in [-0.1, -0.05) is 42.5 Å². The largest absolute Gasteiger partial charge is 0.449 e. The van der Waals surface area contributed by atoms with Crippen molar-refractivity contribution in [1.29, 1.82) is 0 Å². The number of nitrogens with one attached hydrogen (secondary N) is 1. The highest BCUT2D eigenvalue weighted by molar-refractivity contribution is 6.10. The first-order chi connectivity index (χ1) is 16.9. The highest BCUT2D eigenvalue weighted by Gasteiger charge is 2.23. The van der Waals surface area contributed by atoms with Gasteiger partial charge in [0.2, 0.25) is 5.89 Å². The number of para-hydroxylation sites is 2. The summed E-state index contributed by atoms with van der Waals surface area (Å²) < 4.78 is 11.6. The Hall–Kier alpha value is -4.45. The first kappa shape index (κ1) is 22.3. The third-order valence-electron chi connectivity index (χ3n) is 5.79. The van der Waals surface area contributed by atoms with Gasteiger partial charge in [0.15, 0.2) is 11.7 Å².